The number of hydrogen-bond acceptors (Lipinski definition) is 2. The standard InChI is InChI=1S/C5H9NO/c1-5(7)3-2-4-6/h5,7H,4,6H2,1H3. The van der Waals surface area contributed by atoms with Crippen molar-refractivity contribution in [2.75, 3.05) is 6.54 Å². The van der Waals surface area contributed by atoms with E-state index >= 15 is 0 Å². The number of aliphatic hydroxyl groups excluding tert-OH is 1. The van der Waals surface area contributed by atoms with E-state index in [1.807, 2.05) is 0 Å². The van der Waals surface area contributed by atoms with Crippen LogP contribution >= 0.6 is 0 Å². The molecule has 0 heterocycles. The lowest BCUT2D eigenvalue weighted by molar-refractivity contribution is 0.253. The molecule has 0 saturated carbocycles. The van der Waals surface area contributed by atoms with Gasteiger partial charge in [-0.1, -0.05) is 11.8 Å². The lowest BCUT2D eigenvalue weighted by Gasteiger charge is -1.84. The minimum atomic E-state index is -0.538. The van der Waals surface area contributed by atoms with Gasteiger partial charge in [0, 0.05) is 0 Å². The summed E-state index contributed by atoms with van der Waals surface area (Å²) in [6, 6.07) is 0. The van der Waals surface area contributed by atoms with Gasteiger partial charge in [0.15, 0.2) is 0 Å². The largest absolute Gasteiger partial charge is 0.381 e. The van der Waals surface area contributed by atoms with E-state index in [2.05, 4.69) is 11.8 Å². The van der Waals surface area contributed by atoms with Gasteiger partial charge < -0.3 is 10.8 Å². The molecule has 0 aliphatic heterocycles. The Morgan fingerprint density at radius 3 is 2.57 bits per heavy atom. The van der Waals surface area contributed by atoms with Gasteiger partial charge >= 0.3 is 0 Å². The molecule has 0 spiro atoms. The Balaban J connectivity index is 3.24. The van der Waals surface area contributed by atoms with Crippen LogP contribution in [0.15, 0.2) is 0 Å². The molecule has 1 atom stereocenters. The normalized spacial score (nSPS) is 11.9. The third-order valence-corrected chi connectivity index (χ3v) is 0.413. The first-order chi connectivity index (χ1) is 3.27. The van der Waals surface area contributed by atoms with Crippen LogP contribution in [0.25, 0.3) is 0 Å². The Morgan fingerprint density at radius 1 is 1.86 bits per heavy atom. The first-order valence-corrected chi connectivity index (χ1v) is 2.14. The molecular weight excluding hydrogens is 90.1 g/mol. The van der Waals surface area contributed by atoms with Crippen LogP contribution in [0.4, 0.5) is 0 Å². The zero-order valence-electron chi connectivity index (χ0n) is 4.31. The lowest BCUT2D eigenvalue weighted by Crippen LogP contribution is -1.97. The third kappa shape index (κ3) is 5.48. The van der Waals surface area contributed by atoms with E-state index in [4.69, 9.17) is 10.8 Å². The topological polar surface area (TPSA) is 46.2 Å². The molecule has 0 aromatic heterocycles. The Kier molecular flexibility index (Phi) is 3.39. The van der Waals surface area contributed by atoms with Crippen molar-refractivity contribution in [2.45, 2.75) is 13.0 Å². The van der Waals surface area contributed by atoms with Gasteiger partial charge in [-0.2, -0.15) is 0 Å². The molecule has 3 N–H and O–H groups in total. The van der Waals surface area contributed by atoms with Crippen molar-refractivity contribution in [3.05, 3.63) is 0 Å². The number of hydrogen-bond donors (Lipinski definition) is 2. The molecule has 0 rings (SSSR count). The average molecular weight is 99.1 g/mol. The highest BCUT2D eigenvalue weighted by Gasteiger charge is 1.78. The predicted molar refractivity (Wildman–Crippen MR) is 28.5 cm³/mol. The predicted octanol–water partition coefficient (Wildman–Crippen LogP) is -0.671. The Bertz CT molecular complexity index is 88.0. The SMILES string of the molecule is CC(O)C#CCN. The molecule has 0 aliphatic carbocycles. The van der Waals surface area contributed by atoms with Gasteiger partial charge in [-0.3, -0.25) is 0 Å². The van der Waals surface area contributed by atoms with Crippen molar-refractivity contribution in [1.29, 1.82) is 0 Å². The average Bonchev–Trinajstić information content (AvgIpc) is 1.61. The maximum Gasteiger partial charge on any atom is 0.112 e. The van der Waals surface area contributed by atoms with Crippen LogP contribution in [0, 0.1) is 11.8 Å². The van der Waals surface area contributed by atoms with Crippen LogP contribution in [-0.2, 0) is 0 Å². The highest BCUT2D eigenvalue weighted by molar-refractivity contribution is 5.03. The van der Waals surface area contributed by atoms with Crippen molar-refractivity contribution < 1.29 is 5.11 Å². The highest BCUT2D eigenvalue weighted by atomic mass is 16.3. The van der Waals surface area contributed by atoms with Gasteiger partial charge in [-0.15, -0.1) is 0 Å². The van der Waals surface area contributed by atoms with Crippen LogP contribution < -0.4 is 5.73 Å². The van der Waals surface area contributed by atoms with E-state index in [0.29, 0.717) is 6.54 Å². The molecule has 40 valence electrons. The molecule has 0 aliphatic rings. The van der Waals surface area contributed by atoms with Crippen LogP contribution in [0.2, 0.25) is 0 Å². The molecule has 0 aromatic rings. The molecule has 1 unspecified atom stereocenters. The third-order valence-electron chi connectivity index (χ3n) is 0.413. The van der Waals surface area contributed by atoms with Gasteiger partial charge in [0.05, 0.1) is 6.54 Å². The number of nitrogens with two attached hydrogens (primary N) is 1. The summed E-state index contributed by atoms with van der Waals surface area (Å²) >= 11 is 0. The van der Waals surface area contributed by atoms with E-state index in [1.54, 1.807) is 6.92 Å². The molecule has 7 heavy (non-hydrogen) atoms. The van der Waals surface area contributed by atoms with Crippen molar-refractivity contribution in [3.63, 3.8) is 0 Å². The molecule has 0 aromatic carbocycles. The fraction of sp³-hybridized carbons (Fsp3) is 0.600. The summed E-state index contributed by atoms with van der Waals surface area (Å²) < 4.78 is 0. The Hall–Kier alpha value is -0.520. The molecule has 0 amide bonds. The summed E-state index contributed by atoms with van der Waals surface area (Å²) in [5.41, 5.74) is 4.99. The van der Waals surface area contributed by atoms with Crippen molar-refractivity contribution in [2.24, 2.45) is 5.73 Å². The van der Waals surface area contributed by atoms with E-state index in [-0.39, 0.29) is 0 Å². The van der Waals surface area contributed by atoms with Gasteiger partial charge in [-0.05, 0) is 6.92 Å². The van der Waals surface area contributed by atoms with E-state index in [0.717, 1.165) is 0 Å². The number of rotatable bonds is 0. The molecule has 0 radical (unpaired) electrons. The summed E-state index contributed by atoms with van der Waals surface area (Å²) in [6.07, 6.45) is -0.538. The summed E-state index contributed by atoms with van der Waals surface area (Å²) in [5.74, 6) is 5.00. The second kappa shape index (κ2) is 3.66. The van der Waals surface area contributed by atoms with Crippen LogP contribution in [0.5, 0.6) is 0 Å². The van der Waals surface area contributed by atoms with E-state index in [9.17, 15) is 0 Å². The zero-order chi connectivity index (χ0) is 5.70. The molecule has 2 nitrogen and oxygen atoms in total. The van der Waals surface area contributed by atoms with E-state index in [1.165, 1.54) is 0 Å². The maximum atomic E-state index is 8.45. The van der Waals surface area contributed by atoms with Crippen LogP contribution in [-0.4, -0.2) is 17.8 Å². The fourth-order valence-corrected chi connectivity index (χ4v) is 0.207. The zero-order valence-corrected chi connectivity index (χ0v) is 4.31. The molecule has 0 saturated heterocycles. The summed E-state index contributed by atoms with van der Waals surface area (Å²) in [5, 5.41) is 8.45. The van der Waals surface area contributed by atoms with Gasteiger partial charge in [0.25, 0.3) is 0 Å². The fourth-order valence-electron chi connectivity index (χ4n) is 0.207. The smallest absolute Gasteiger partial charge is 0.112 e. The van der Waals surface area contributed by atoms with Crippen LogP contribution in [0.1, 0.15) is 6.92 Å². The number of aliphatic hydroxyl groups is 1. The van der Waals surface area contributed by atoms with Crippen molar-refractivity contribution in [3.8, 4) is 11.8 Å². The van der Waals surface area contributed by atoms with Gasteiger partial charge in [-0.25, -0.2) is 0 Å². The van der Waals surface area contributed by atoms with Gasteiger partial charge in [0.2, 0.25) is 0 Å². The quantitative estimate of drug-likeness (QED) is 0.396. The summed E-state index contributed by atoms with van der Waals surface area (Å²) in [6.45, 7) is 1.92. The second-order valence-electron chi connectivity index (χ2n) is 1.20. The first kappa shape index (κ1) is 6.48. The van der Waals surface area contributed by atoms with Crippen LogP contribution in [0.3, 0.4) is 0 Å². The molecule has 0 bridgehead atoms. The Morgan fingerprint density at radius 2 is 2.43 bits per heavy atom. The monoisotopic (exact) mass is 99.1 g/mol. The molecule has 0 fully saturated rings. The van der Waals surface area contributed by atoms with Gasteiger partial charge in [0.1, 0.15) is 6.10 Å². The van der Waals surface area contributed by atoms with E-state index < -0.39 is 6.10 Å². The first-order valence-electron chi connectivity index (χ1n) is 2.14. The Labute approximate surface area is 43.3 Å². The maximum absolute atomic E-state index is 8.45. The minimum Gasteiger partial charge on any atom is -0.381 e. The second-order valence-corrected chi connectivity index (χ2v) is 1.20. The van der Waals surface area contributed by atoms with Crippen molar-refractivity contribution in [1.82, 2.24) is 0 Å². The summed E-state index contributed by atoms with van der Waals surface area (Å²) in [4.78, 5) is 0. The highest BCUT2D eigenvalue weighted by Crippen LogP contribution is 1.69. The molecular formula is C5H9NO. The minimum absolute atomic E-state index is 0.324. The molecule has 2 heteroatoms. The summed E-state index contributed by atoms with van der Waals surface area (Å²) in [7, 11) is 0. The lowest BCUT2D eigenvalue weighted by atomic mass is 10.4. The van der Waals surface area contributed by atoms with Crippen molar-refractivity contribution >= 4 is 0 Å².